The zero-order valence-electron chi connectivity index (χ0n) is 9.90. The lowest BCUT2D eigenvalue weighted by Gasteiger charge is -2.12. The molecule has 0 atom stereocenters. The van der Waals surface area contributed by atoms with Gasteiger partial charge < -0.3 is 5.11 Å². The van der Waals surface area contributed by atoms with Gasteiger partial charge in [0.25, 0.3) is 0 Å². The quantitative estimate of drug-likeness (QED) is 0.932. The molecular formula is C12H12ClFO4S. The van der Waals surface area contributed by atoms with E-state index in [1.807, 2.05) is 0 Å². The van der Waals surface area contributed by atoms with E-state index < -0.39 is 37.5 Å². The topological polar surface area (TPSA) is 71.4 Å². The Labute approximate surface area is 115 Å². The van der Waals surface area contributed by atoms with Crippen molar-refractivity contribution >= 4 is 27.4 Å². The summed E-state index contributed by atoms with van der Waals surface area (Å²) in [5.74, 6) is -2.48. The summed E-state index contributed by atoms with van der Waals surface area (Å²) in [7, 11) is -3.70. The summed E-state index contributed by atoms with van der Waals surface area (Å²) in [6, 6.07) is 1.73. The minimum atomic E-state index is -3.70. The van der Waals surface area contributed by atoms with Crippen LogP contribution >= 0.6 is 11.6 Å². The van der Waals surface area contributed by atoms with Gasteiger partial charge in [0.2, 0.25) is 0 Å². The molecule has 2 rings (SSSR count). The van der Waals surface area contributed by atoms with Crippen molar-refractivity contribution in [2.24, 2.45) is 0 Å². The van der Waals surface area contributed by atoms with Gasteiger partial charge in [0.05, 0.1) is 20.7 Å². The first-order chi connectivity index (χ1) is 8.84. The van der Waals surface area contributed by atoms with E-state index in [9.17, 15) is 17.6 Å². The second-order valence-electron chi connectivity index (χ2n) is 4.52. The number of hydrogen-bond donors (Lipinski definition) is 1. The van der Waals surface area contributed by atoms with Gasteiger partial charge in [-0.1, -0.05) is 24.4 Å². The second kappa shape index (κ2) is 5.09. The van der Waals surface area contributed by atoms with Gasteiger partial charge in [-0.05, 0) is 25.0 Å². The van der Waals surface area contributed by atoms with Crippen molar-refractivity contribution < 1.29 is 22.7 Å². The molecule has 4 nitrogen and oxygen atoms in total. The fourth-order valence-electron chi connectivity index (χ4n) is 2.28. The highest BCUT2D eigenvalue weighted by Crippen LogP contribution is 2.32. The Hall–Kier alpha value is -1.14. The number of sulfone groups is 1. The molecule has 1 aliphatic carbocycles. The Morgan fingerprint density at radius 3 is 2.42 bits per heavy atom. The molecule has 1 N–H and O–H groups in total. The SMILES string of the molecule is O=C(O)c1cc(S(=O)(=O)C2CCCC2)cc(F)c1Cl. The lowest BCUT2D eigenvalue weighted by atomic mass is 10.2. The van der Waals surface area contributed by atoms with E-state index in [1.54, 1.807) is 0 Å². The molecule has 0 aliphatic heterocycles. The largest absolute Gasteiger partial charge is 0.478 e. The van der Waals surface area contributed by atoms with E-state index >= 15 is 0 Å². The number of carboxylic acid groups (broad SMARTS) is 1. The lowest BCUT2D eigenvalue weighted by Crippen LogP contribution is -2.18. The summed E-state index contributed by atoms with van der Waals surface area (Å²) in [6.45, 7) is 0. The molecule has 0 saturated heterocycles. The van der Waals surface area contributed by atoms with E-state index in [0.717, 1.165) is 25.0 Å². The third-order valence-corrected chi connectivity index (χ3v) is 5.93. The summed E-state index contributed by atoms with van der Waals surface area (Å²) in [5, 5.41) is 7.77. The van der Waals surface area contributed by atoms with Crippen molar-refractivity contribution in [3.05, 3.63) is 28.5 Å². The van der Waals surface area contributed by atoms with Crippen LogP contribution in [0.5, 0.6) is 0 Å². The Morgan fingerprint density at radius 1 is 1.32 bits per heavy atom. The molecule has 19 heavy (non-hydrogen) atoms. The zero-order chi connectivity index (χ0) is 14.2. The number of halogens is 2. The molecule has 104 valence electrons. The number of rotatable bonds is 3. The average molecular weight is 307 g/mol. The molecule has 0 heterocycles. The zero-order valence-corrected chi connectivity index (χ0v) is 11.5. The summed E-state index contributed by atoms with van der Waals surface area (Å²) in [6.07, 6.45) is 2.67. The van der Waals surface area contributed by atoms with Crippen LogP contribution in [0, 0.1) is 5.82 Å². The van der Waals surface area contributed by atoms with E-state index in [4.69, 9.17) is 16.7 Å². The van der Waals surface area contributed by atoms with Crippen LogP contribution in [0.1, 0.15) is 36.0 Å². The minimum Gasteiger partial charge on any atom is -0.478 e. The highest BCUT2D eigenvalue weighted by Gasteiger charge is 2.32. The molecule has 1 aromatic rings. The highest BCUT2D eigenvalue weighted by atomic mass is 35.5. The molecule has 0 spiro atoms. The summed E-state index contributed by atoms with van der Waals surface area (Å²) < 4.78 is 38.1. The van der Waals surface area contributed by atoms with E-state index in [0.29, 0.717) is 12.8 Å². The first kappa shape index (κ1) is 14.3. The maximum absolute atomic E-state index is 13.6. The minimum absolute atomic E-state index is 0.307. The van der Waals surface area contributed by atoms with Crippen molar-refractivity contribution in [2.75, 3.05) is 0 Å². The molecule has 1 fully saturated rings. The van der Waals surface area contributed by atoms with Gasteiger partial charge in [-0.25, -0.2) is 17.6 Å². The molecule has 0 unspecified atom stereocenters. The van der Waals surface area contributed by atoms with Gasteiger partial charge in [-0.3, -0.25) is 0 Å². The van der Waals surface area contributed by atoms with Crippen LogP contribution in [0.4, 0.5) is 4.39 Å². The van der Waals surface area contributed by atoms with Gasteiger partial charge in [-0.2, -0.15) is 0 Å². The molecule has 0 amide bonds. The second-order valence-corrected chi connectivity index (χ2v) is 7.13. The average Bonchev–Trinajstić information content (AvgIpc) is 2.86. The predicted molar refractivity (Wildman–Crippen MR) is 67.8 cm³/mol. The molecule has 0 aromatic heterocycles. The Kier molecular flexibility index (Phi) is 3.82. The van der Waals surface area contributed by atoms with Crippen molar-refractivity contribution in [1.82, 2.24) is 0 Å². The van der Waals surface area contributed by atoms with Crippen LogP contribution in [0.15, 0.2) is 17.0 Å². The number of carbonyl (C=O) groups is 1. The van der Waals surface area contributed by atoms with Gasteiger partial charge >= 0.3 is 5.97 Å². The van der Waals surface area contributed by atoms with Crippen LogP contribution in [-0.4, -0.2) is 24.7 Å². The standard InChI is InChI=1S/C12H12ClFO4S/c13-11-9(12(15)16)5-8(6-10(11)14)19(17,18)7-3-1-2-4-7/h5-7H,1-4H2,(H,15,16). The lowest BCUT2D eigenvalue weighted by molar-refractivity contribution is 0.0696. The fourth-order valence-corrected chi connectivity index (χ4v) is 4.35. The molecular weight excluding hydrogens is 295 g/mol. The van der Waals surface area contributed by atoms with Crippen LogP contribution in [0.25, 0.3) is 0 Å². The van der Waals surface area contributed by atoms with E-state index in [1.165, 1.54) is 0 Å². The van der Waals surface area contributed by atoms with E-state index in [2.05, 4.69) is 0 Å². The number of carboxylic acids is 1. The van der Waals surface area contributed by atoms with Crippen molar-refractivity contribution in [2.45, 2.75) is 35.8 Å². The Morgan fingerprint density at radius 2 is 1.89 bits per heavy atom. The first-order valence-electron chi connectivity index (χ1n) is 5.80. The third-order valence-electron chi connectivity index (χ3n) is 3.30. The maximum Gasteiger partial charge on any atom is 0.337 e. The van der Waals surface area contributed by atoms with Crippen LogP contribution in [0.3, 0.4) is 0 Å². The Balaban J connectivity index is 2.54. The van der Waals surface area contributed by atoms with Crippen molar-refractivity contribution in [3.63, 3.8) is 0 Å². The summed E-state index contributed by atoms with van der Waals surface area (Å²) >= 11 is 5.52. The molecule has 1 aromatic carbocycles. The highest BCUT2D eigenvalue weighted by molar-refractivity contribution is 7.92. The van der Waals surface area contributed by atoms with Gasteiger partial charge in [0.1, 0.15) is 5.82 Å². The van der Waals surface area contributed by atoms with Crippen molar-refractivity contribution in [3.8, 4) is 0 Å². The third kappa shape index (κ3) is 2.60. The molecule has 1 saturated carbocycles. The molecule has 7 heteroatoms. The number of aromatic carboxylic acids is 1. The molecule has 1 aliphatic rings. The summed E-state index contributed by atoms with van der Waals surface area (Å²) in [5.41, 5.74) is -0.529. The normalized spacial score (nSPS) is 16.7. The Bertz CT molecular complexity index is 621. The van der Waals surface area contributed by atoms with Crippen LogP contribution in [0.2, 0.25) is 5.02 Å². The van der Waals surface area contributed by atoms with Crippen molar-refractivity contribution in [1.29, 1.82) is 0 Å². The van der Waals surface area contributed by atoms with Gasteiger partial charge in [-0.15, -0.1) is 0 Å². The monoisotopic (exact) mass is 306 g/mol. The molecule has 0 radical (unpaired) electrons. The van der Waals surface area contributed by atoms with Crippen LogP contribution in [-0.2, 0) is 9.84 Å². The van der Waals surface area contributed by atoms with E-state index in [-0.39, 0.29) is 4.90 Å². The van der Waals surface area contributed by atoms with Gasteiger partial charge in [0.15, 0.2) is 9.84 Å². The van der Waals surface area contributed by atoms with Crippen LogP contribution < -0.4 is 0 Å². The van der Waals surface area contributed by atoms with Gasteiger partial charge in [0, 0.05) is 0 Å². The maximum atomic E-state index is 13.6. The predicted octanol–water partition coefficient (Wildman–Crippen LogP) is 2.89. The first-order valence-corrected chi connectivity index (χ1v) is 7.72. The smallest absolute Gasteiger partial charge is 0.337 e. The fraction of sp³-hybridized carbons (Fsp3) is 0.417. The number of benzene rings is 1. The molecule has 0 bridgehead atoms. The summed E-state index contributed by atoms with van der Waals surface area (Å²) in [4.78, 5) is 10.6. The number of hydrogen-bond acceptors (Lipinski definition) is 3.